The highest BCUT2D eigenvalue weighted by Gasteiger charge is 2.33. The molecule has 1 aliphatic heterocycles. The molecule has 3 atom stereocenters. The number of ketones is 1. The topological polar surface area (TPSA) is 121 Å². The summed E-state index contributed by atoms with van der Waals surface area (Å²) in [5, 5.41) is 4.00. The number of carbonyl (C=O) groups excluding carboxylic acids is 3. The Morgan fingerprint density at radius 3 is 2.68 bits per heavy atom. The Hall–Kier alpha value is -2.96. The molecule has 3 fully saturated rings. The van der Waals surface area contributed by atoms with E-state index < -0.39 is 0 Å². The van der Waals surface area contributed by atoms with E-state index in [9.17, 15) is 19.2 Å². The third kappa shape index (κ3) is 12.4. The molecule has 272 valence electrons. The van der Waals surface area contributed by atoms with Crippen molar-refractivity contribution in [3.05, 3.63) is 56.6 Å². The quantitative estimate of drug-likeness (QED) is 0.0644. The maximum absolute atomic E-state index is 12.2. The highest BCUT2D eigenvalue weighted by Crippen LogP contribution is 2.43. The number of amides is 2. The summed E-state index contributed by atoms with van der Waals surface area (Å²) in [6, 6.07) is 4.95. The third-order valence-electron chi connectivity index (χ3n) is 9.17. The van der Waals surface area contributed by atoms with Crippen molar-refractivity contribution in [3.63, 3.8) is 0 Å². The number of likely N-dealkylation sites (tertiary alicyclic amines) is 1. The van der Waals surface area contributed by atoms with Crippen LogP contribution in [0.25, 0.3) is 21.6 Å². The third-order valence-corrected chi connectivity index (χ3v) is 11.8. The number of hydrogen-bond acceptors (Lipinski definition) is 8. The maximum Gasteiger partial charge on any atom is 0.223 e. The molecule has 1 aromatic carbocycles. The fraction of sp³-hybridized carbons (Fsp3) is 0.553. The minimum atomic E-state index is -0.137. The number of nitrogens with zero attached hydrogens (tertiary/aromatic N) is 2. The van der Waals surface area contributed by atoms with Gasteiger partial charge in [-0.1, -0.05) is 44.8 Å². The van der Waals surface area contributed by atoms with E-state index in [1.165, 1.54) is 74.7 Å². The minimum absolute atomic E-state index is 0.0395. The summed E-state index contributed by atoms with van der Waals surface area (Å²) in [5.74, 6) is 2.85. The number of nitrogens with one attached hydrogen (secondary N) is 2. The Morgan fingerprint density at radius 2 is 2.00 bits per heavy atom. The predicted octanol–water partition coefficient (Wildman–Crippen LogP) is 8.87. The van der Waals surface area contributed by atoms with Gasteiger partial charge in [0.05, 0.1) is 28.8 Å². The Balaban J connectivity index is 0.000000191. The number of pyridine rings is 1. The van der Waals surface area contributed by atoms with Crippen LogP contribution in [0.15, 0.2) is 51.2 Å². The van der Waals surface area contributed by atoms with Gasteiger partial charge in [0, 0.05) is 41.2 Å². The van der Waals surface area contributed by atoms with E-state index in [1.807, 2.05) is 10.3 Å². The monoisotopic (exact) mass is 786 g/mol. The number of fused-ring (bicyclic) bond motifs is 1. The fourth-order valence-corrected chi connectivity index (χ4v) is 8.04. The number of H-pyrrole nitrogens is 1. The predicted molar refractivity (Wildman–Crippen MR) is 209 cm³/mol. The van der Waals surface area contributed by atoms with Crippen LogP contribution in [0.4, 0.5) is 0 Å². The largest absolute Gasteiger partial charge is 0.495 e. The summed E-state index contributed by atoms with van der Waals surface area (Å²) in [6.07, 6.45) is 22.0. The first kappa shape index (κ1) is 39.8. The first-order valence-electron chi connectivity index (χ1n) is 17.9. The van der Waals surface area contributed by atoms with Gasteiger partial charge in [-0.3, -0.25) is 19.2 Å². The van der Waals surface area contributed by atoms with Gasteiger partial charge < -0.3 is 19.3 Å². The number of benzene rings is 1. The molecule has 0 radical (unpaired) electrons. The van der Waals surface area contributed by atoms with Crippen molar-refractivity contribution in [1.82, 2.24) is 19.6 Å². The molecule has 1 saturated heterocycles. The molecular formula is C38H51BrN4O5S2. The van der Waals surface area contributed by atoms with Gasteiger partial charge >= 0.3 is 0 Å². The van der Waals surface area contributed by atoms with Crippen LogP contribution in [0, 0.1) is 11.8 Å². The molecule has 9 nitrogen and oxygen atoms in total. The molecule has 3 aromatic rings. The molecule has 3 heterocycles. The normalized spacial score (nSPS) is 19.4. The smallest absolute Gasteiger partial charge is 0.223 e. The summed E-state index contributed by atoms with van der Waals surface area (Å²) < 4.78 is 8.53. The number of aromatic nitrogens is 2. The molecule has 6 rings (SSSR count). The van der Waals surface area contributed by atoms with Crippen LogP contribution < -0.4 is 14.9 Å². The zero-order chi connectivity index (χ0) is 35.9. The number of hydrogen-bond donors (Lipinski definition) is 2. The Labute approximate surface area is 312 Å². The first-order chi connectivity index (χ1) is 24.3. The lowest BCUT2D eigenvalue weighted by Gasteiger charge is -2.22. The standard InChI is InChI=1S/C21H35NO2.C13H9BrN2O2S.C4H7NOS/c1-3-11-18-16-19(18)12-8-6-4-5-7-9-14-21(24)22-15-10-13-20(22)17(2)23;1-18-10-3-2-7-9(17)6-8(13-15-4-5-19-13)16-12(7)11(10)14;6-3-5-7-4-1-2-4/h8,12,18-20H,3-7,9-11,13-16H2,1-2H3;2-6H,1H3,(H,16,17);3-4H,1-2H2,(H,5,6)/b12-8-;;/t18?,19-,20?;;/m1../s1. The highest BCUT2D eigenvalue weighted by molar-refractivity contribution is 9.10. The zero-order valence-corrected chi connectivity index (χ0v) is 32.7. The van der Waals surface area contributed by atoms with Crippen molar-refractivity contribution in [2.24, 2.45) is 11.8 Å². The molecule has 3 aliphatic rings. The first-order valence-corrected chi connectivity index (χ1v) is 20.4. The summed E-state index contributed by atoms with van der Waals surface area (Å²) in [7, 11) is 1.59. The summed E-state index contributed by atoms with van der Waals surface area (Å²) in [6.45, 7) is 4.65. The second-order valence-electron chi connectivity index (χ2n) is 13.1. The Morgan fingerprint density at radius 1 is 1.20 bits per heavy atom. The van der Waals surface area contributed by atoms with Crippen LogP contribution >= 0.6 is 39.2 Å². The van der Waals surface area contributed by atoms with E-state index in [4.69, 9.17) is 4.74 Å². The molecule has 2 N–H and O–H groups in total. The van der Waals surface area contributed by atoms with Crippen molar-refractivity contribution < 1.29 is 19.1 Å². The number of methoxy groups -OCH3 is 1. The molecule has 2 aliphatic carbocycles. The van der Waals surface area contributed by atoms with Crippen molar-refractivity contribution in [3.8, 4) is 16.5 Å². The van der Waals surface area contributed by atoms with Crippen LogP contribution in [0.5, 0.6) is 5.75 Å². The molecule has 2 unspecified atom stereocenters. The molecule has 2 amide bonds. The lowest BCUT2D eigenvalue weighted by molar-refractivity contribution is -0.137. The average Bonchev–Trinajstić information content (AvgIpc) is 3.94. The number of Topliss-reactive ketones (excluding diaryl/α,β-unsaturated/α-hetero) is 1. The number of rotatable bonds is 16. The van der Waals surface area contributed by atoms with Crippen LogP contribution in [0.2, 0.25) is 0 Å². The van der Waals surface area contributed by atoms with E-state index in [-0.39, 0.29) is 23.2 Å². The highest BCUT2D eigenvalue weighted by atomic mass is 79.9. The number of thiazole rings is 1. The van der Waals surface area contributed by atoms with E-state index in [2.05, 4.69) is 49.7 Å². The van der Waals surface area contributed by atoms with Gasteiger partial charge in [0.15, 0.2) is 11.2 Å². The van der Waals surface area contributed by atoms with Crippen molar-refractivity contribution >= 4 is 68.2 Å². The van der Waals surface area contributed by atoms with E-state index in [0.29, 0.717) is 23.3 Å². The van der Waals surface area contributed by atoms with Gasteiger partial charge in [0.25, 0.3) is 0 Å². The lowest BCUT2D eigenvalue weighted by atomic mass is 10.1. The Kier molecular flexibility index (Phi) is 16.5. The van der Waals surface area contributed by atoms with E-state index in [0.717, 1.165) is 70.7 Å². The minimum Gasteiger partial charge on any atom is -0.495 e. The fourth-order valence-electron chi connectivity index (χ4n) is 6.21. The van der Waals surface area contributed by atoms with Gasteiger partial charge in [-0.2, -0.15) is 0 Å². The van der Waals surface area contributed by atoms with Gasteiger partial charge in [-0.25, -0.2) is 4.98 Å². The van der Waals surface area contributed by atoms with Crippen LogP contribution in [-0.4, -0.2) is 57.9 Å². The summed E-state index contributed by atoms with van der Waals surface area (Å²) in [4.78, 5) is 54.8. The van der Waals surface area contributed by atoms with Crippen molar-refractivity contribution in [2.75, 3.05) is 13.7 Å². The lowest BCUT2D eigenvalue weighted by Crippen LogP contribution is -2.39. The number of ether oxygens (including phenoxy) is 1. The number of carbonyl (C=O) groups is 3. The van der Waals surface area contributed by atoms with Crippen LogP contribution in [0.1, 0.15) is 97.3 Å². The second kappa shape index (κ2) is 20.8. The molecular weight excluding hydrogens is 736 g/mol. The zero-order valence-electron chi connectivity index (χ0n) is 29.5. The molecule has 12 heteroatoms. The molecule has 2 saturated carbocycles. The molecule has 0 spiro atoms. The second-order valence-corrected chi connectivity index (χ2v) is 16.0. The number of unbranched alkanes of at least 4 members (excludes halogenated alkanes) is 4. The SMILES string of the molecule is CCCC1C[C@H]1/C=C\CCCCCCC(=O)N1CCCC1C(C)=O.COc1ccc2c(=O)cc(-c3nccs3)[nH]c2c1Br.O=CNSC1CC1. The number of aromatic amines is 1. The molecule has 0 bridgehead atoms. The maximum atomic E-state index is 12.2. The van der Waals surface area contributed by atoms with Gasteiger partial charge in [-0.05, 0) is 110 Å². The number of allylic oxidation sites excluding steroid dienone is 2. The van der Waals surface area contributed by atoms with E-state index >= 15 is 0 Å². The Bertz CT molecular complexity index is 1630. The van der Waals surface area contributed by atoms with Crippen molar-refractivity contribution in [1.29, 1.82) is 0 Å². The van der Waals surface area contributed by atoms with Crippen LogP contribution in [0.3, 0.4) is 0 Å². The summed E-state index contributed by atoms with van der Waals surface area (Å²) in [5.41, 5.74) is 1.39. The van der Waals surface area contributed by atoms with Crippen LogP contribution in [-0.2, 0) is 14.4 Å². The number of halogens is 1. The molecule has 50 heavy (non-hydrogen) atoms. The van der Waals surface area contributed by atoms with Gasteiger partial charge in [-0.15, -0.1) is 11.3 Å². The average molecular weight is 788 g/mol. The summed E-state index contributed by atoms with van der Waals surface area (Å²) >= 11 is 6.47. The van der Waals surface area contributed by atoms with Gasteiger partial charge in [0.2, 0.25) is 12.3 Å². The van der Waals surface area contributed by atoms with Gasteiger partial charge in [0.1, 0.15) is 10.8 Å². The van der Waals surface area contributed by atoms with E-state index in [1.54, 1.807) is 38.4 Å². The molecule has 2 aromatic heterocycles. The van der Waals surface area contributed by atoms with Crippen molar-refractivity contribution in [2.45, 2.75) is 109 Å².